The van der Waals surface area contributed by atoms with Gasteiger partial charge in [-0.2, -0.15) is 0 Å². The normalized spacial score (nSPS) is 16.6. The third-order valence-electron chi connectivity index (χ3n) is 14.5. The fourth-order valence-corrected chi connectivity index (χ4v) is 10.1. The first kappa shape index (κ1) is 45.6. The van der Waals surface area contributed by atoms with Crippen molar-refractivity contribution in [2.75, 3.05) is 43.6 Å². The molecule has 3 aliphatic heterocycles. The number of benzene rings is 3. The molecule has 0 aliphatic carbocycles. The van der Waals surface area contributed by atoms with Crippen molar-refractivity contribution in [2.24, 2.45) is 20.0 Å². The molecule has 2 amide bonds. The van der Waals surface area contributed by atoms with Crippen molar-refractivity contribution in [3.8, 4) is 22.9 Å². The summed E-state index contributed by atoms with van der Waals surface area (Å²) in [6.07, 6.45) is 5.31. The summed E-state index contributed by atoms with van der Waals surface area (Å²) in [6, 6.07) is 27.1. The number of rotatable bonds is 13. The molecule has 9 rings (SSSR count). The summed E-state index contributed by atoms with van der Waals surface area (Å²) in [6.45, 7) is 9.78. The van der Waals surface area contributed by atoms with Crippen LogP contribution < -0.4 is 15.0 Å². The van der Waals surface area contributed by atoms with E-state index in [0.29, 0.717) is 61.3 Å². The van der Waals surface area contributed by atoms with Gasteiger partial charge in [0.1, 0.15) is 11.6 Å². The number of aliphatic hydroxyl groups excluding tert-OH is 1. The van der Waals surface area contributed by atoms with E-state index in [1.54, 1.807) is 30.5 Å². The molecule has 1 unspecified atom stereocenters. The van der Waals surface area contributed by atoms with Gasteiger partial charge in [-0.05, 0) is 129 Å². The minimum absolute atomic E-state index is 0.00390. The van der Waals surface area contributed by atoms with Crippen LogP contribution in [0.4, 0.5) is 17.2 Å². The largest absolute Gasteiger partial charge is 0.508 e. The number of carbonyl (C=O) groups excluding carboxylic acids is 2. The van der Waals surface area contributed by atoms with E-state index in [-0.39, 0.29) is 30.0 Å². The zero-order valence-electron chi connectivity index (χ0n) is 39.6. The number of phenols is 1. The van der Waals surface area contributed by atoms with Crippen LogP contribution in [0.1, 0.15) is 87.5 Å². The average molecular weight is 906 g/mol. The number of carbonyl (C=O) groups is 2. The molecule has 6 heterocycles. The quantitative estimate of drug-likeness (QED) is 0.0975. The van der Waals surface area contributed by atoms with E-state index in [4.69, 9.17) is 9.47 Å². The van der Waals surface area contributed by atoms with Crippen LogP contribution in [-0.2, 0) is 56.0 Å². The van der Waals surface area contributed by atoms with E-state index in [1.807, 2.05) is 90.7 Å². The molecule has 0 bridgehead atoms. The highest BCUT2D eigenvalue weighted by molar-refractivity contribution is 6.01. The van der Waals surface area contributed by atoms with Crippen molar-refractivity contribution >= 4 is 29.0 Å². The summed E-state index contributed by atoms with van der Waals surface area (Å²) < 4.78 is 15.5. The molecule has 0 radical (unpaired) electrons. The fourth-order valence-electron chi connectivity index (χ4n) is 10.1. The Morgan fingerprint density at radius 3 is 2.39 bits per heavy atom. The number of nitrogens with one attached hydrogen (secondary N) is 1. The fraction of sp³-hybridized carbons (Fsp3) is 0.389. The van der Waals surface area contributed by atoms with Crippen molar-refractivity contribution in [3.63, 3.8) is 0 Å². The van der Waals surface area contributed by atoms with Crippen molar-refractivity contribution in [1.82, 2.24) is 23.9 Å². The van der Waals surface area contributed by atoms with Gasteiger partial charge in [0, 0.05) is 118 Å². The van der Waals surface area contributed by atoms with E-state index in [1.165, 1.54) is 5.56 Å². The first-order valence-corrected chi connectivity index (χ1v) is 23.6. The highest BCUT2D eigenvalue weighted by atomic mass is 16.5. The summed E-state index contributed by atoms with van der Waals surface area (Å²) in [4.78, 5) is 39.4. The van der Waals surface area contributed by atoms with Gasteiger partial charge in [-0.3, -0.25) is 9.59 Å². The van der Waals surface area contributed by atoms with Crippen molar-refractivity contribution in [3.05, 3.63) is 141 Å². The Kier molecular flexibility index (Phi) is 13.2. The molecule has 2 atom stereocenters. The van der Waals surface area contributed by atoms with Crippen LogP contribution in [0.25, 0.3) is 11.3 Å². The Morgan fingerprint density at radius 1 is 0.910 bits per heavy atom. The van der Waals surface area contributed by atoms with Gasteiger partial charge in [-0.15, -0.1) is 0 Å². The lowest BCUT2D eigenvalue weighted by molar-refractivity contribution is -0.131. The maximum atomic E-state index is 15.2. The van der Waals surface area contributed by atoms with Crippen LogP contribution >= 0.6 is 0 Å². The molecule has 1 fully saturated rings. The third kappa shape index (κ3) is 9.27. The molecule has 3 aliphatic rings. The zero-order valence-corrected chi connectivity index (χ0v) is 39.6. The number of amides is 2. The van der Waals surface area contributed by atoms with E-state index in [2.05, 4.69) is 46.1 Å². The van der Waals surface area contributed by atoms with Crippen LogP contribution in [0.5, 0.6) is 11.6 Å². The predicted molar refractivity (Wildman–Crippen MR) is 261 cm³/mol. The number of aliphatic hydroxyl groups is 1. The molecule has 1 saturated heterocycles. The van der Waals surface area contributed by atoms with Crippen molar-refractivity contribution < 1.29 is 29.3 Å². The van der Waals surface area contributed by atoms with E-state index < -0.39 is 6.23 Å². The predicted octanol–water partition coefficient (Wildman–Crippen LogP) is 8.53. The number of hydrogen-bond donors (Lipinski definition) is 3. The molecule has 3 aromatic heterocycles. The van der Waals surface area contributed by atoms with E-state index >= 15 is 4.79 Å². The van der Waals surface area contributed by atoms with Crippen molar-refractivity contribution in [2.45, 2.75) is 84.7 Å². The Bertz CT molecular complexity index is 2750. The molecule has 13 heteroatoms. The molecule has 67 heavy (non-hydrogen) atoms. The summed E-state index contributed by atoms with van der Waals surface area (Å²) in [7, 11) is 5.83. The van der Waals surface area contributed by atoms with Crippen LogP contribution in [0, 0.1) is 19.8 Å². The minimum atomic E-state index is -1.13. The lowest BCUT2D eigenvalue weighted by atomic mass is 9.89. The Labute approximate surface area is 393 Å². The molecule has 0 spiro atoms. The van der Waals surface area contributed by atoms with Gasteiger partial charge in [0.2, 0.25) is 11.8 Å². The first-order chi connectivity index (χ1) is 32.4. The molecule has 350 valence electrons. The number of aromatic nitrogens is 3. The molecular weight excluding hydrogens is 843 g/mol. The van der Waals surface area contributed by atoms with Crippen LogP contribution in [0.15, 0.2) is 91.1 Å². The van der Waals surface area contributed by atoms with Gasteiger partial charge in [0.15, 0.2) is 6.23 Å². The summed E-state index contributed by atoms with van der Waals surface area (Å²) in [5.74, 6) is 2.13. The number of nitrogens with zero attached hydrogens (tertiary/aromatic N) is 6. The van der Waals surface area contributed by atoms with Gasteiger partial charge < -0.3 is 48.8 Å². The number of aromatic hydroxyl groups is 1. The molecule has 3 aromatic carbocycles. The summed E-state index contributed by atoms with van der Waals surface area (Å²) in [5, 5.41) is 26.1. The highest BCUT2D eigenvalue weighted by Crippen LogP contribution is 2.42. The van der Waals surface area contributed by atoms with Gasteiger partial charge in [-0.1, -0.05) is 30.3 Å². The Morgan fingerprint density at radius 2 is 1.67 bits per heavy atom. The topological polar surface area (TPSA) is 138 Å². The SMILES string of the molecule is CNc1cc(N(c2ccc(O)cc2)C(O)c2cc(-c3cc4c(cc3C(=O)N3Cc5ccccc5C[C@H]3C)CN(C(=O)Cc3ccc(OCCC5CCOCC5)nc3)CC4)n(C)c2C)c(C)n1C. The lowest BCUT2D eigenvalue weighted by Crippen LogP contribution is -2.43. The number of anilines is 3. The number of pyridine rings is 1. The maximum absolute atomic E-state index is 15.2. The standard InChI is InChI=1S/C54H63N7O6/c1-34-25-39-9-7-8-10-41(39)33-60(34)53(64)47-28-42-32-59(52(63)26-38-11-16-51(56-31-38)67-24-20-37-18-22-66-23-19-37)21-17-40(42)27-46(47)49-29-45(35(2)57(49)5)54(65)61(43-12-14-44(62)15-13-43)48-30-50(55-4)58(6)36(48)3/h7-16,27-31,34,37,54-55,62,65H,17-26,32-33H2,1-6H3/t34-,54?/m1/s1. The Hall–Kier alpha value is -6.57. The third-order valence-corrected chi connectivity index (χ3v) is 14.5. The van der Waals surface area contributed by atoms with Gasteiger partial charge in [-0.25, -0.2) is 4.98 Å². The monoisotopic (exact) mass is 905 g/mol. The molecule has 3 N–H and O–H groups in total. The highest BCUT2D eigenvalue weighted by Gasteiger charge is 2.34. The van der Waals surface area contributed by atoms with Gasteiger partial charge in [0.25, 0.3) is 5.91 Å². The average Bonchev–Trinajstić information content (AvgIpc) is 3.80. The van der Waals surface area contributed by atoms with Crippen LogP contribution in [-0.4, -0.2) is 85.4 Å². The number of phenolic OH excluding ortho intramolecular Hbond substituents is 1. The zero-order chi connectivity index (χ0) is 46.9. The van der Waals surface area contributed by atoms with E-state index in [9.17, 15) is 15.0 Å². The second-order valence-corrected chi connectivity index (χ2v) is 18.6. The van der Waals surface area contributed by atoms with Gasteiger partial charge in [0.05, 0.1) is 18.7 Å². The van der Waals surface area contributed by atoms with Gasteiger partial charge >= 0.3 is 0 Å². The Balaban J connectivity index is 1.02. The lowest BCUT2D eigenvalue weighted by Gasteiger charge is -2.36. The molecule has 13 nitrogen and oxygen atoms in total. The number of ether oxygens (including phenoxy) is 2. The first-order valence-electron chi connectivity index (χ1n) is 23.6. The molecule has 0 saturated carbocycles. The summed E-state index contributed by atoms with van der Waals surface area (Å²) >= 11 is 0. The number of hydrogen-bond acceptors (Lipinski definition) is 9. The minimum Gasteiger partial charge on any atom is -0.508 e. The van der Waals surface area contributed by atoms with E-state index in [0.717, 1.165) is 95.3 Å². The number of fused-ring (bicyclic) bond motifs is 2. The second kappa shape index (κ2) is 19.3. The smallest absolute Gasteiger partial charge is 0.255 e. The summed E-state index contributed by atoms with van der Waals surface area (Å²) in [5.41, 5.74) is 11.4. The second-order valence-electron chi connectivity index (χ2n) is 18.6. The molecule has 6 aromatic rings. The molecular formula is C54H63N7O6. The van der Waals surface area contributed by atoms with Crippen LogP contribution in [0.2, 0.25) is 0 Å². The van der Waals surface area contributed by atoms with Crippen LogP contribution in [0.3, 0.4) is 0 Å². The maximum Gasteiger partial charge on any atom is 0.255 e. The van der Waals surface area contributed by atoms with Crippen molar-refractivity contribution in [1.29, 1.82) is 0 Å².